The van der Waals surface area contributed by atoms with E-state index in [0.717, 1.165) is 18.4 Å². The molecular formula is C32H40O9. The zero-order chi connectivity index (χ0) is 30.3. The number of rotatable bonds is 4. The molecule has 1 heterocycles. The Morgan fingerprint density at radius 2 is 1.56 bits per heavy atom. The second-order valence-corrected chi connectivity index (χ2v) is 13.6. The summed E-state index contributed by atoms with van der Waals surface area (Å²) >= 11 is 0. The van der Waals surface area contributed by atoms with Crippen molar-refractivity contribution in [1.29, 1.82) is 0 Å². The maximum absolute atomic E-state index is 13.2. The van der Waals surface area contributed by atoms with Crippen molar-refractivity contribution in [1.82, 2.24) is 0 Å². The number of hydrogen-bond acceptors (Lipinski definition) is 9. The lowest BCUT2D eigenvalue weighted by molar-refractivity contribution is -0.237. The van der Waals surface area contributed by atoms with Crippen LogP contribution in [0.5, 0.6) is 0 Å². The van der Waals surface area contributed by atoms with E-state index in [4.69, 9.17) is 18.9 Å². The Kier molecular flexibility index (Phi) is 6.71. The monoisotopic (exact) mass is 568 g/mol. The first-order chi connectivity index (χ1) is 19.0. The van der Waals surface area contributed by atoms with E-state index in [1.54, 1.807) is 6.08 Å². The average Bonchev–Trinajstić information content (AvgIpc) is 3.37. The highest BCUT2D eigenvalue weighted by atomic mass is 16.7. The van der Waals surface area contributed by atoms with Crippen molar-refractivity contribution < 1.29 is 42.9 Å². The smallest absolute Gasteiger partial charge is 0.334 e. The van der Waals surface area contributed by atoms with Crippen molar-refractivity contribution >= 4 is 29.7 Å². The molecule has 4 aliphatic carbocycles. The highest BCUT2D eigenvalue weighted by Crippen LogP contribution is 2.73. The van der Waals surface area contributed by atoms with Crippen LogP contribution in [0.3, 0.4) is 0 Å². The molecule has 0 amide bonds. The molecule has 222 valence electrons. The molecule has 0 aromatic carbocycles. The van der Waals surface area contributed by atoms with Crippen LogP contribution in [0.4, 0.5) is 0 Å². The van der Waals surface area contributed by atoms with Crippen LogP contribution in [0, 0.1) is 39.4 Å². The lowest BCUT2D eigenvalue weighted by Crippen LogP contribution is -2.70. The molecule has 1 unspecified atom stereocenters. The maximum atomic E-state index is 13.2. The fourth-order valence-corrected chi connectivity index (χ4v) is 9.53. The van der Waals surface area contributed by atoms with Crippen molar-refractivity contribution in [2.24, 2.45) is 39.4 Å². The number of allylic oxidation sites excluding steroid dienone is 3. The first-order valence-corrected chi connectivity index (χ1v) is 14.4. The van der Waals surface area contributed by atoms with Gasteiger partial charge in [0.1, 0.15) is 12.2 Å². The van der Waals surface area contributed by atoms with E-state index in [0.29, 0.717) is 12.0 Å². The summed E-state index contributed by atoms with van der Waals surface area (Å²) in [5, 5.41) is 0. The molecular weight excluding hydrogens is 528 g/mol. The first kappa shape index (κ1) is 29.3. The highest BCUT2D eigenvalue weighted by molar-refractivity contribution is 5.96. The number of cyclic esters (lactones) is 1. The van der Waals surface area contributed by atoms with E-state index in [2.05, 4.69) is 26.8 Å². The Labute approximate surface area is 240 Å². The van der Waals surface area contributed by atoms with Gasteiger partial charge in [-0.05, 0) is 42.1 Å². The molecule has 0 spiro atoms. The van der Waals surface area contributed by atoms with Crippen molar-refractivity contribution in [2.45, 2.75) is 93.2 Å². The Hall–Kier alpha value is -3.23. The van der Waals surface area contributed by atoms with Crippen LogP contribution < -0.4 is 0 Å². The molecule has 9 atom stereocenters. The molecule has 0 N–H and O–H groups in total. The lowest BCUT2D eigenvalue weighted by Gasteiger charge is -2.67. The molecule has 2 fully saturated rings. The topological polar surface area (TPSA) is 122 Å². The van der Waals surface area contributed by atoms with Crippen LogP contribution >= 0.6 is 0 Å². The molecule has 5 aliphatic rings. The maximum Gasteiger partial charge on any atom is 0.334 e. The van der Waals surface area contributed by atoms with Crippen LogP contribution in [0.1, 0.15) is 74.7 Å². The van der Waals surface area contributed by atoms with Gasteiger partial charge in [-0.15, -0.1) is 0 Å². The molecule has 0 saturated heterocycles. The SMILES string of the molecule is CC(=O)OC1OC(=O)C=C1[C@@H]1CC=C2[C@]3(C)[C@H](OC(C)=O)[C@H](OC(C)=O)[C@H]4C(C)(C)C(=O)C=C[C@]4(C)[C@H]3CC[C@]21C. The number of carbonyl (C=O) groups is 5. The quantitative estimate of drug-likeness (QED) is 0.276. The predicted octanol–water partition coefficient (Wildman–Crippen LogP) is 4.39. The van der Waals surface area contributed by atoms with Crippen molar-refractivity contribution in [3.63, 3.8) is 0 Å². The van der Waals surface area contributed by atoms with E-state index >= 15 is 0 Å². The van der Waals surface area contributed by atoms with Crippen molar-refractivity contribution in [3.05, 3.63) is 35.5 Å². The van der Waals surface area contributed by atoms with Gasteiger partial charge < -0.3 is 18.9 Å². The van der Waals surface area contributed by atoms with E-state index in [1.165, 1.54) is 26.8 Å². The molecule has 0 aromatic rings. The third kappa shape index (κ3) is 4.13. The van der Waals surface area contributed by atoms with Gasteiger partial charge >= 0.3 is 23.9 Å². The molecule has 9 nitrogen and oxygen atoms in total. The van der Waals surface area contributed by atoms with Crippen molar-refractivity contribution in [3.8, 4) is 0 Å². The Balaban J connectivity index is 1.67. The Morgan fingerprint density at radius 3 is 2.17 bits per heavy atom. The number of esters is 4. The molecule has 0 radical (unpaired) electrons. The molecule has 0 aromatic heterocycles. The minimum Gasteiger partial charge on any atom is -0.458 e. The molecule has 9 heteroatoms. The largest absolute Gasteiger partial charge is 0.458 e. The minimum absolute atomic E-state index is 0.0578. The van der Waals surface area contributed by atoms with Crippen LogP contribution in [-0.4, -0.2) is 48.2 Å². The zero-order valence-electron chi connectivity index (χ0n) is 25.1. The molecule has 1 aliphatic heterocycles. The predicted molar refractivity (Wildman–Crippen MR) is 145 cm³/mol. The van der Waals surface area contributed by atoms with Gasteiger partial charge in [-0.2, -0.15) is 0 Å². The molecule has 41 heavy (non-hydrogen) atoms. The fraction of sp³-hybridized carbons (Fsp3) is 0.656. The second-order valence-electron chi connectivity index (χ2n) is 13.6. The first-order valence-electron chi connectivity index (χ1n) is 14.4. The Bertz CT molecular complexity index is 1320. The van der Waals surface area contributed by atoms with E-state index in [-0.39, 0.29) is 17.6 Å². The van der Waals surface area contributed by atoms with Gasteiger partial charge in [0.2, 0.25) is 0 Å². The summed E-state index contributed by atoms with van der Waals surface area (Å²) in [5.74, 6) is -2.85. The third-order valence-corrected chi connectivity index (χ3v) is 10.9. The zero-order valence-corrected chi connectivity index (χ0v) is 25.1. The van der Waals surface area contributed by atoms with Gasteiger partial charge in [0, 0.05) is 55.1 Å². The summed E-state index contributed by atoms with van der Waals surface area (Å²) < 4.78 is 22.9. The lowest BCUT2D eigenvalue weighted by atomic mass is 9.37. The summed E-state index contributed by atoms with van der Waals surface area (Å²) in [6.07, 6.45) is 6.45. The fourth-order valence-electron chi connectivity index (χ4n) is 9.53. The van der Waals surface area contributed by atoms with Crippen LogP contribution in [0.25, 0.3) is 0 Å². The second kappa shape index (κ2) is 9.39. The summed E-state index contributed by atoms with van der Waals surface area (Å²) in [6, 6.07) is 0. The number of fused-ring (bicyclic) bond motifs is 5. The molecule has 2 saturated carbocycles. The van der Waals surface area contributed by atoms with E-state index in [9.17, 15) is 24.0 Å². The number of carbonyl (C=O) groups excluding carboxylic acids is 5. The van der Waals surface area contributed by atoms with Crippen LogP contribution in [-0.2, 0) is 42.9 Å². The summed E-state index contributed by atoms with van der Waals surface area (Å²) in [4.78, 5) is 62.6. The number of ketones is 1. The van der Waals surface area contributed by atoms with Gasteiger partial charge in [-0.1, -0.05) is 52.3 Å². The number of hydrogen-bond donors (Lipinski definition) is 0. The van der Waals surface area contributed by atoms with Crippen molar-refractivity contribution in [2.75, 3.05) is 0 Å². The van der Waals surface area contributed by atoms with Gasteiger partial charge in [0.15, 0.2) is 5.78 Å². The normalized spacial score (nSPS) is 42.1. The highest BCUT2D eigenvalue weighted by Gasteiger charge is 2.72. The van der Waals surface area contributed by atoms with Crippen LogP contribution in [0.2, 0.25) is 0 Å². The third-order valence-electron chi connectivity index (χ3n) is 10.9. The number of ether oxygens (including phenoxy) is 4. The van der Waals surface area contributed by atoms with Gasteiger partial charge in [-0.3, -0.25) is 19.2 Å². The Morgan fingerprint density at radius 1 is 0.927 bits per heavy atom. The summed E-state index contributed by atoms with van der Waals surface area (Å²) in [6.45, 7) is 14.1. The van der Waals surface area contributed by atoms with E-state index in [1.807, 2.05) is 19.9 Å². The summed E-state index contributed by atoms with van der Waals surface area (Å²) in [5.41, 5.74) is -1.03. The summed E-state index contributed by atoms with van der Waals surface area (Å²) in [7, 11) is 0. The van der Waals surface area contributed by atoms with E-state index < -0.39 is 70.0 Å². The van der Waals surface area contributed by atoms with Gasteiger partial charge in [-0.25, -0.2) is 4.79 Å². The molecule has 0 bridgehead atoms. The molecule has 5 rings (SSSR count). The van der Waals surface area contributed by atoms with Gasteiger partial charge in [0.05, 0.1) is 0 Å². The van der Waals surface area contributed by atoms with Gasteiger partial charge in [0.25, 0.3) is 6.29 Å². The average molecular weight is 569 g/mol. The standard InChI is InChI=1S/C32H40O9/c1-16(33)38-25-26-29(4,5)23(36)12-14-31(26,7)22-11-13-30(6)20(19-15-24(37)41-28(19)40-18(3)35)9-10-21(30)32(22,8)27(25)39-17(2)34/h10,12,14-15,20,22,25-28H,9,11,13H2,1-8H3/t20-,22+,25+,26-,27+,28?,30-,31+,32-/m0/s1. The van der Waals surface area contributed by atoms with Crippen LogP contribution in [0.15, 0.2) is 35.5 Å². The minimum atomic E-state index is -1.08.